The molecule has 158 valence electrons. The van der Waals surface area contributed by atoms with E-state index in [0.717, 1.165) is 21.9 Å². The van der Waals surface area contributed by atoms with Crippen LogP contribution in [0.3, 0.4) is 0 Å². The normalized spacial score (nSPS) is 15.6. The van der Waals surface area contributed by atoms with Gasteiger partial charge in [0.2, 0.25) is 0 Å². The van der Waals surface area contributed by atoms with Gasteiger partial charge in [-0.2, -0.15) is 0 Å². The summed E-state index contributed by atoms with van der Waals surface area (Å²) >= 11 is 0. The molecular weight excluding hydrogens is 386 g/mol. The van der Waals surface area contributed by atoms with E-state index in [4.69, 9.17) is 9.47 Å². The SMILES string of the molecule is CCOc1ccc(OCC)c(N2C(=O)NC(=O)/C(=C\c3cc(C)n(C)c3C)C2=O)c1. The molecule has 3 rings (SSSR count). The van der Waals surface area contributed by atoms with Crippen LogP contribution in [0.15, 0.2) is 29.8 Å². The van der Waals surface area contributed by atoms with Gasteiger partial charge in [-0.3, -0.25) is 14.9 Å². The number of hydrogen-bond donors (Lipinski definition) is 1. The Hall–Kier alpha value is -3.55. The van der Waals surface area contributed by atoms with Crippen molar-refractivity contribution in [1.29, 1.82) is 0 Å². The minimum Gasteiger partial charge on any atom is -0.494 e. The van der Waals surface area contributed by atoms with Gasteiger partial charge < -0.3 is 14.0 Å². The maximum absolute atomic E-state index is 13.3. The maximum atomic E-state index is 13.3. The highest BCUT2D eigenvalue weighted by atomic mass is 16.5. The summed E-state index contributed by atoms with van der Waals surface area (Å²) in [5.41, 5.74) is 2.70. The molecule has 2 heterocycles. The number of barbiturate groups is 1. The standard InChI is InChI=1S/C22H25N3O5/c1-6-29-16-8-9-19(30-7-2)18(12-16)25-21(27)17(20(26)23-22(25)28)11-15-10-13(3)24(5)14(15)4/h8-12H,6-7H2,1-5H3,(H,23,26,28)/b17-11+. The van der Waals surface area contributed by atoms with Crippen molar-refractivity contribution in [3.05, 3.63) is 46.8 Å². The number of nitrogens with zero attached hydrogens (tertiary/aromatic N) is 2. The molecule has 0 radical (unpaired) electrons. The van der Waals surface area contributed by atoms with Crippen molar-refractivity contribution in [2.24, 2.45) is 7.05 Å². The number of aromatic nitrogens is 1. The average Bonchev–Trinajstić information content (AvgIpc) is 2.94. The van der Waals surface area contributed by atoms with Crippen LogP contribution in [0.5, 0.6) is 11.5 Å². The van der Waals surface area contributed by atoms with Crippen molar-refractivity contribution in [1.82, 2.24) is 9.88 Å². The summed E-state index contributed by atoms with van der Waals surface area (Å²) in [6, 6.07) is 5.93. The van der Waals surface area contributed by atoms with E-state index in [-0.39, 0.29) is 11.3 Å². The van der Waals surface area contributed by atoms with Crippen LogP contribution in [0.2, 0.25) is 0 Å². The fraction of sp³-hybridized carbons (Fsp3) is 0.318. The Balaban J connectivity index is 2.09. The van der Waals surface area contributed by atoms with Gasteiger partial charge in [-0.15, -0.1) is 0 Å². The van der Waals surface area contributed by atoms with Crippen LogP contribution in [-0.2, 0) is 16.6 Å². The number of benzene rings is 1. The van der Waals surface area contributed by atoms with Crippen LogP contribution < -0.4 is 19.7 Å². The third kappa shape index (κ3) is 3.80. The quantitative estimate of drug-likeness (QED) is 0.583. The summed E-state index contributed by atoms with van der Waals surface area (Å²) < 4.78 is 13.1. The van der Waals surface area contributed by atoms with E-state index in [1.807, 2.05) is 38.5 Å². The summed E-state index contributed by atoms with van der Waals surface area (Å²) in [5.74, 6) is -0.640. The zero-order chi connectivity index (χ0) is 22.0. The van der Waals surface area contributed by atoms with Crippen LogP contribution >= 0.6 is 0 Å². The molecule has 0 unspecified atom stereocenters. The summed E-state index contributed by atoms with van der Waals surface area (Å²) in [4.78, 5) is 39.2. The number of ether oxygens (including phenoxy) is 2. The van der Waals surface area contributed by atoms with Gasteiger partial charge in [-0.25, -0.2) is 9.69 Å². The van der Waals surface area contributed by atoms with Gasteiger partial charge in [0.25, 0.3) is 11.8 Å². The van der Waals surface area contributed by atoms with Crippen LogP contribution in [0.25, 0.3) is 6.08 Å². The van der Waals surface area contributed by atoms with E-state index in [2.05, 4.69) is 5.32 Å². The molecule has 30 heavy (non-hydrogen) atoms. The second kappa shape index (κ2) is 8.44. The Morgan fingerprint density at radius 2 is 1.73 bits per heavy atom. The van der Waals surface area contributed by atoms with E-state index in [1.165, 1.54) is 6.08 Å². The van der Waals surface area contributed by atoms with Gasteiger partial charge >= 0.3 is 6.03 Å². The van der Waals surface area contributed by atoms with Gasteiger partial charge in [-0.1, -0.05) is 0 Å². The number of hydrogen-bond acceptors (Lipinski definition) is 5. The number of nitrogens with one attached hydrogen (secondary N) is 1. The highest BCUT2D eigenvalue weighted by Gasteiger charge is 2.38. The molecule has 1 aromatic carbocycles. The molecule has 1 fully saturated rings. The molecule has 1 N–H and O–H groups in total. The number of carbonyl (C=O) groups excluding carboxylic acids is 3. The second-order valence-electron chi connectivity index (χ2n) is 6.84. The van der Waals surface area contributed by atoms with Crippen molar-refractivity contribution in [3.63, 3.8) is 0 Å². The first-order chi connectivity index (χ1) is 14.3. The van der Waals surface area contributed by atoms with Crippen LogP contribution in [0.4, 0.5) is 10.5 Å². The molecule has 2 aromatic rings. The van der Waals surface area contributed by atoms with E-state index in [9.17, 15) is 14.4 Å². The Morgan fingerprint density at radius 3 is 2.33 bits per heavy atom. The molecule has 0 saturated carbocycles. The van der Waals surface area contributed by atoms with Gasteiger partial charge in [0.15, 0.2) is 0 Å². The molecule has 8 nitrogen and oxygen atoms in total. The smallest absolute Gasteiger partial charge is 0.336 e. The predicted octanol–water partition coefficient (Wildman–Crippen LogP) is 3.11. The van der Waals surface area contributed by atoms with Crippen molar-refractivity contribution < 1.29 is 23.9 Å². The summed E-state index contributed by atoms with van der Waals surface area (Å²) in [6.07, 6.45) is 1.51. The van der Waals surface area contributed by atoms with Crippen molar-refractivity contribution in [2.75, 3.05) is 18.1 Å². The molecule has 0 bridgehead atoms. The molecular formula is C22H25N3O5. The molecule has 1 saturated heterocycles. The van der Waals surface area contributed by atoms with Crippen molar-refractivity contribution >= 4 is 29.6 Å². The molecule has 0 spiro atoms. The number of imide groups is 2. The average molecular weight is 411 g/mol. The minimum absolute atomic E-state index is 0.132. The first kappa shape index (κ1) is 21.2. The number of anilines is 1. The lowest BCUT2D eigenvalue weighted by molar-refractivity contribution is -0.122. The van der Waals surface area contributed by atoms with Crippen LogP contribution in [0, 0.1) is 13.8 Å². The fourth-order valence-electron chi connectivity index (χ4n) is 3.27. The molecule has 0 atom stereocenters. The molecule has 0 aliphatic carbocycles. The van der Waals surface area contributed by atoms with Gasteiger partial charge in [-0.05, 0) is 57.5 Å². The fourth-order valence-corrected chi connectivity index (χ4v) is 3.27. The van der Waals surface area contributed by atoms with Gasteiger partial charge in [0.1, 0.15) is 17.1 Å². The van der Waals surface area contributed by atoms with E-state index in [1.54, 1.807) is 25.1 Å². The topological polar surface area (TPSA) is 89.9 Å². The highest BCUT2D eigenvalue weighted by Crippen LogP contribution is 2.35. The predicted molar refractivity (Wildman–Crippen MR) is 113 cm³/mol. The number of aryl methyl sites for hydroxylation is 1. The molecule has 1 aliphatic rings. The van der Waals surface area contributed by atoms with E-state index in [0.29, 0.717) is 24.7 Å². The Bertz CT molecular complexity index is 1050. The number of amides is 4. The lowest BCUT2D eigenvalue weighted by Crippen LogP contribution is -2.54. The third-order valence-electron chi connectivity index (χ3n) is 5.00. The van der Waals surface area contributed by atoms with Gasteiger partial charge in [0.05, 0.1) is 18.9 Å². The number of rotatable bonds is 6. The van der Waals surface area contributed by atoms with Crippen molar-refractivity contribution in [2.45, 2.75) is 27.7 Å². The first-order valence-corrected chi connectivity index (χ1v) is 9.72. The molecule has 1 aliphatic heterocycles. The first-order valence-electron chi connectivity index (χ1n) is 9.72. The van der Waals surface area contributed by atoms with E-state index < -0.39 is 17.8 Å². The second-order valence-corrected chi connectivity index (χ2v) is 6.84. The van der Waals surface area contributed by atoms with Crippen LogP contribution in [0.1, 0.15) is 30.8 Å². The molecule has 1 aromatic heterocycles. The lowest BCUT2D eigenvalue weighted by Gasteiger charge is -2.28. The lowest BCUT2D eigenvalue weighted by atomic mass is 10.1. The Kier molecular flexibility index (Phi) is 5.96. The Morgan fingerprint density at radius 1 is 1.03 bits per heavy atom. The largest absolute Gasteiger partial charge is 0.494 e. The minimum atomic E-state index is -0.835. The summed E-state index contributed by atoms with van der Waals surface area (Å²) in [5, 5.41) is 2.25. The van der Waals surface area contributed by atoms with Gasteiger partial charge in [0, 0.05) is 24.5 Å². The monoisotopic (exact) mass is 411 g/mol. The number of carbonyl (C=O) groups is 3. The van der Waals surface area contributed by atoms with Crippen molar-refractivity contribution in [3.8, 4) is 11.5 Å². The zero-order valence-electron chi connectivity index (χ0n) is 17.7. The molecule has 4 amide bonds. The Labute approximate surface area is 175 Å². The maximum Gasteiger partial charge on any atom is 0.336 e. The molecule has 8 heteroatoms. The summed E-state index contributed by atoms with van der Waals surface area (Å²) in [7, 11) is 1.90. The highest BCUT2D eigenvalue weighted by molar-refractivity contribution is 6.39. The van der Waals surface area contributed by atoms with Crippen LogP contribution in [-0.4, -0.2) is 35.6 Å². The summed E-state index contributed by atoms with van der Waals surface area (Å²) in [6.45, 7) is 8.22. The van der Waals surface area contributed by atoms with E-state index >= 15 is 0 Å². The zero-order valence-corrected chi connectivity index (χ0v) is 17.7. The number of urea groups is 1. The third-order valence-corrected chi connectivity index (χ3v) is 5.00.